The molecular formula is C29H32FN7O3S. The van der Waals surface area contributed by atoms with Crippen LogP contribution in [0.3, 0.4) is 0 Å². The van der Waals surface area contributed by atoms with Crippen LogP contribution in [0.25, 0.3) is 11.3 Å². The van der Waals surface area contributed by atoms with Crippen LogP contribution in [0.5, 0.6) is 0 Å². The molecule has 1 aromatic carbocycles. The first-order valence-electron chi connectivity index (χ1n) is 13.4. The van der Waals surface area contributed by atoms with Gasteiger partial charge in [-0.25, -0.2) is 9.49 Å². The number of nitrogens with zero attached hydrogens (tertiary/aromatic N) is 4. The van der Waals surface area contributed by atoms with Crippen molar-refractivity contribution >= 4 is 34.4 Å². The quantitative estimate of drug-likeness (QED) is 0.277. The molecule has 0 radical (unpaired) electrons. The van der Waals surface area contributed by atoms with E-state index in [0.717, 1.165) is 35.8 Å². The summed E-state index contributed by atoms with van der Waals surface area (Å²) in [4.78, 5) is 29.4. The fourth-order valence-electron chi connectivity index (χ4n) is 5.54. The van der Waals surface area contributed by atoms with Crippen LogP contribution in [0.1, 0.15) is 52.1 Å². The van der Waals surface area contributed by atoms with Gasteiger partial charge < -0.3 is 15.7 Å². The zero-order chi connectivity index (χ0) is 29.3. The summed E-state index contributed by atoms with van der Waals surface area (Å²) in [7, 11) is 2.04. The summed E-state index contributed by atoms with van der Waals surface area (Å²) < 4.78 is 16.9. The molecule has 1 amide bonds. The second kappa shape index (κ2) is 9.61. The van der Waals surface area contributed by atoms with Crippen molar-refractivity contribution < 1.29 is 14.3 Å². The lowest BCUT2D eigenvalue weighted by Gasteiger charge is -2.33. The van der Waals surface area contributed by atoms with Crippen molar-refractivity contribution in [2.45, 2.75) is 52.8 Å². The number of amides is 1. The Morgan fingerprint density at radius 2 is 1.98 bits per heavy atom. The first kappa shape index (κ1) is 27.3. The zero-order valence-corrected chi connectivity index (χ0v) is 24.4. The number of thiophene rings is 1. The smallest absolute Gasteiger partial charge is 0.287 e. The molecule has 4 aromatic rings. The van der Waals surface area contributed by atoms with Gasteiger partial charge >= 0.3 is 0 Å². The van der Waals surface area contributed by atoms with Crippen LogP contribution >= 0.6 is 11.3 Å². The SMILES string of the molecule is Cc1c(-c2cc(Nc3cc4n(n3)CCN(C)C4)c(=O)[nH]n2)ccc(F)c1NC(=O)c1cc2c(s1)CC(C)(C)C2(C)O. The number of benzene rings is 1. The molecule has 1 unspecified atom stereocenters. The maximum atomic E-state index is 15.0. The second-order valence-corrected chi connectivity index (χ2v) is 12.9. The number of halogens is 1. The van der Waals surface area contributed by atoms with Crippen LogP contribution in [0.2, 0.25) is 0 Å². The number of likely N-dealkylation sites (N-methyl/N-ethyl adjacent to an activating group) is 1. The van der Waals surface area contributed by atoms with Crippen molar-refractivity contribution in [1.82, 2.24) is 24.9 Å². The zero-order valence-electron chi connectivity index (χ0n) is 23.6. The van der Waals surface area contributed by atoms with Crippen LogP contribution in [-0.4, -0.2) is 49.5 Å². The number of fused-ring (bicyclic) bond motifs is 2. The number of carbonyl (C=O) groups is 1. The molecule has 214 valence electrons. The second-order valence-electron chi connectivity index (χ2n) is 11.7. The Morgan fingerprint density at radius 1 is 1.20 bits per heavy atom. The number of hydrogen-bond acceptors (Lipinski definition) is 8. The van der Waals surface area contributed by atoms with Crippen LogP contribution < -0.4 is 16.2 Å². The van der Waals surface area contributed by atoms with Gasteiger partial charge in [-0.15, -0.1) is 11.3 Å². The van der Waals surface area contributed by atoms with Crippen molar-refractivity contribution in [1.29, 1.82) is 0 Å². The average Bonchev–Trinajstić information content (AvgIpc) is 3.55. The third kappa shape index (κ3) is 4.65. The third-order valence-electron chi connectivity index (χ3n) is 8.46. The Labute approximate surface area is 240 Å². The highest BCUT2D eigenvalue weighted by atomic mass is 32.1. The van der Waals surface area contributed by atoms with Gasteiger partial charge in [0.1, 0.15) is 11.5 Å². The Kier molecular flexibility index (Phi) is 6.40. The van der Waals surface area contributed by atoms with E-state index in [4.69, 9.17) is 0 Å². The number of aromatic amines is 1. The predicted molar refractivity (Wildman–Crippen MR) is 156 cm³/mol. The summed E-state index contributed by atoms with van der Waals surface area (Å²) in [6, 6.07) is 8.03. The Balaban J connectivity index is 1.27. The molecule has 6 rings (SSSR count). The molecule has 4 heterocycles. The largest absolute Gasteiger partial charge is 0.385 e. The molecule has 1 atom stereocenters. The van der Waals surface area contributed by atoms with Gasteiger partial charge in [-0.2, -0.15) is 10.2 Å². The van der Waals surface area contributed by atoms with Crippen molar-refractivity contribution in [2.24, 2.45) is 5.41 Å². The molecule has 0 fully saturated rings. The van der Waals surface area contributed by atoms with Gasteiger partial charge in [-0.05, 0) is 62.7 Å². The minimum absolute atomic E-state index is 0.0292. The van der Waals surface area contributed by atoms with E-state index in [2.05, 4.69) is 30.8 Å². The first-order chi connectivity index (χ1) is 19.3. The molecule has 1 aliphatic carbocycles. The van der Waals surface area contributed by atoms with E-state index in [1.54, 1.807) is 32.0 Å². The summed E-state index contributed by atoms with van der Waals surface area (Å²) in [6.45, 7) is 9.87. The molecule has 0 saturated heterocycles. The summed E-state index contributed by atoms with van der Waals surface area (Å²) in [6.07, 6.45) is 0.656. The lowest BCUT2D eigenvalue weighted by Crippen LogP contribution is -2.35. The predicted octanol–water partition coefficient (Wildman–Crippen LogP) is 4.37. The summed E-state index contributed by atoms with van der Waals surface area (Å²) in [5.41, 5.74) is 1.64. The van der Waals surface area contributed by atoms with Gasteiger partial charge in [0.15, 0.2) is 5.82 Å². The van der Waals surface area contributed by atoms with Gasteiger partial charge in [0.05, 0.1) is 34.1 Å². The maximum absolute atomic E-state index is 15.0. The topological polar surface area (TPSA) is 128 Å². The molecule has 0 saturated carbocycles. The molecule has 41 heavy (non-hydrogen) atoms. The van der Waals surface area contributed by atoms with Crippen LogP contribution in [-0.2, 0) is 25.1 Å². The lowest BCUT2D eigenvalue weighted by molar-refractivity contribution is -0.0420. The normalized spacial score (nSPS) is 19.6. The monoisotopic (exact) mass is 577 g/mol. The van der Waals surface area contributed by atoms with Crippen LogP contribution in [0.4, 0.5) is 21.6 Å². The first-order valence-corrected chi connectivity index (χ1v) is 14.2. The van der Waals surface area contributed by atoms with Crippen LogP contribution in [0, 0.1) is 18.2 Å². The van der Waals surface area contributed by atoms with Crippen molar-refractivity contribution in [3.8, 4) is 11.3 Å². The number of aliphatic hydroxyl groups is 1. The summed E-state index contributed by atoms with van der Waals surface area (Å²) in [5.74, 6) is -0.497. The molecule has 4 N–H and O–H groups in total. The van der Waals surface area contributed by atoms with Gasteiger partial charge in [-0.3, -0.25) is 19.2 Å². The van der Waals surface area contributed by atoms with E-state index in [0.29, 0.717) is 33.9 Å². The fourth-order valence-corrected chi connectivity index (χ4v) is 6.93. The average molecular weight is 578 g/mol. The maximum Gasteiger partial charge on any atom is 0.287 e. The Morgan fingerprint density at radius 3 is 2.73 bits per heavy atom. The van der Waals surface area contributed by atoms with E-state index >= 15 is 4.39 Å². The van der Waals surface area contributed by atoms with E-state index in [1.165, 1.54) is 17.4 Å². The van der Waals surface area contributed by atoms with Gasteiger partial charge in [0, 0.05) is 35.0 Å². The van der Waals surface area contributed by atoms with E-state index in [9.17, 15) is 14.7 Å². The highest BCUT2D eigenvalue weighted by Gasteiger charge is 2.49. The highest BCUT2D eigenvalue weighted by Crippen LogP contribution is 2.52. The van der Waals surface area contributed by atoms with Gasteiger partial charge in [0.25, 0.3) is 11.5 Å². The van der Waals surface area contributed by atoms with E-state index in [1.807, 2.05) is 31.6 Å². The molecule has 12 heteroatoms. The Hall–Kier alpha value is -3.87. The molecule has 0 spiro atoms. The van der Waals surface area contributed by atoms with Gasteiger partial charge in [0.2, 0.25) is 0 Å². The number of nitrogens with one attached hydrogen (secondary N) is 3. The molecule has 3 aromatic heterocycles. The lowest BCUT2D eigenvalue weighted by atomic mass is 9.77. The summed E-state index contributed by atoms with van der Waals surface area (Å²) in [5, 5.41) is 28.1. The minimum atomic E-state index is -1.06. The van der Waals surface area contributed by atoms with Crippen LogP contribution in [0.15, 0.2) is 35.1 Å². The highest BCUT2D eigenvalue weighted by molar-refractivity contribution is 7.14. The molecular weight excluding hydrogens is 545 g/mol. The molecule has 1 aliphatic heterocycles. The summed E-state index contributed by atoms with van der Waals surface area (Å²) >= 11 is 1.32. The number of anilines is 3. The van der Waals surface area contributed by atoms with Crippen molar-refractivity contribution in [3.63, 3.8) is 0 Å². The van der Waals surface area contributed by atoms with Gasteiger partial charge in [-0.1, -0.05) is 13.8 Å². The third-order valence-corrected chi connectivity index (χ3v) is 9.60. The molecule has 0 bridgehead atoms. The van der Waals surface area contributed by atoms with E-state index in [-0.39, 0.29) is 16.8 Å². The Bertz CT molecular complexity index is 1750. The standard InChI is InChI=1S/C29H32FN7O3S/c1-15-17(20-12-21(26(38)34-33-20)31-24-10-16-14-36(5)8-9-37(16)35-24)6-7-19(30)25(15)32-27(39)22-11-18-23(41-22)13-28(2,3)29(18,4)40/h6-7,10-12,40H,8-9,13-14H2,1-5H3,(H,32,39)(H,34,38)(H,31,33,35). The number of aromatic nitrogens is 4. The number of hydrogen-bond donors (Lipinski definition) is 4. The van der Waals surface area contributed by atoms with Crippen molar-refractivity contribution in [3.05, 3.63) is 73.1 Å². The number of H-pyrrole nitrogens is 1. The van der Waals surface area contributed by atoms with Crippen molar-refractivity contribution in [2.75, 3.05) is 24.2 Å². The van der Waals surface area contributed by atoms with E-state index < -0.39 is 22.9 Å². The number of rotatable bonds is 5. The number of carbonyl (C=O) groups excluding carboxylic acids is 1. The molecule has 2 aliphatic rings. The fraction of sp³-hybridized carbons (Fsp3) is 0.379. The minimum Gasteiger partial charge on any atom is -0.385 e. The molecule has 10 nitrogen and oxygen atoms in total.